The van der Waals surface area contributed by atoms with Crippen LogP contribution in [0.15, 0.2) is 94.4 Å². The standard InChI is InChI=1S/C27H22ClFN2O6S/c1-18(32)30-23-8-10-25(11-9-23)38(34,35)37-26-12-7-21(28)14-20(26)16-31(17-24-6-3-13-36-24)27(33)19-4-2-5-22(29)15-19/h2-15H,16-17H2,1H3,(H,30,32). The van der Waals surface area contributed by atoms with Gasteiger partial charge in [-0.2, -0.15) is 8.42 Å². The van der Waals surface area contributed by atoms with E-state index in [1.54, 1.807) is 12.1 Å². The third-order valence-electron chi connectivity index (χ3n) is 5.33. The zero-order valence-corrected chi connectivity index (χ0v) is 21.6. The van der Waals surface area contributed by atoms with Crippen LogP contribution in [0.4, 0.5) is 10.1 Å². The van der Waals surface area contributed by atoms with Crippen molar-refractivity contribution in [2.45, 2.75) is 24.9 Å². The smallest absolute Gasteiger partial charge is 0.339 e. The highest BCUT2D eigenvalue weighted by Crippen LogP contribution is 2.29. The molecule has 4 rings (SSSR count). The van der Waals surface area contributed by atoms with Crippen molar-refractivity contribution in [3.8, 4) is 5.75 Å². The normalized spacial score (nSPS) is 11.1. The monoisotopic (exact) mass is 556 g/mol. The third kappa shape index (κ3) is 6.78. The fourth-order valence-electron chi connectivity index (χ4n) is 3.63. The number of benzene rings is 3. The number of nitrogens with one attached hydrogen (secondary N) is 1. The van der Waals surface area contributed by atoms with E-state index in [0.717, 1.165) is 6.07 Å². The molecule has 0 fully saturated rings. The van der Waals surface area contributed by atoms with Crippen LogP contribution in [0, 0.1) is 5.82 Å². The van der Waals surface area contributed by atoms with Gasteiger partial charge in [-0.3, -0.25) is 9.59 Å². The number of hydrogen-bond donors (Lipinski definition) is 1. The van der Waals surface area contributed by atoms with Crippen LogP contribution in [0.2, 0.25) is 5.02 Å². The van der Waals surface area contributed by atoms with Gasteiger partial charge in [0.25, 0.3) is 5.91 Å². The molecule has 0 unspecified atom stereocenters. The summed E-state index contributed by atoms with van der Waals surface area (Å²) in [6, 6.07) is 18.4. The first-order valence-electron chi connectivity index (χ1n) is 11.3. The summed E-state index contributed by atoms with van der Waals surface area (Å²) in [5.41, 5.74) is 0.827. The van der Waals surface area contributed by atoms with Gasteiger partial charge in [0.1, 0.15) is 22.2 Å². The summed E-state index contributed by atoms with van der Waals surface area (Å²) in [6.45, 7) is 1.23. The molecule has 3 aromatic carbocycles. The summed E-state index contributed by atoms with van der Waals surface area (Å²) in [6.07, 6.45) is 1.46. The Bertz CT molecular complexity index is 1560. The fourth-order valence-corrected chi connectivity index (χ4v) is 4.79. The molecule has 0 aliphatic rings. The van der Waals surface area contributed by atoms with Gasteiger partial charge < -0.3 is 18.8 Å². The zero-order valence-electron chi connectivity index (χ0n) is 20.1. The van der Waals surface area contributed by atoms with E-state index >= 15 is 0 Å². The van der Waals surface area contributed by atoms with E-state index in [1.807, 2.05) is 0 Å². The van der Waals surface area contributed by atoms with Crippen molar-refractivity contribution >= 4 is 39.2 Å². The summed E-state index contributed by atoms with van der Waals surface area (Å²) < 4.78 is 50.7. The maximum absolute atomic E-state index is 13.8. The summed E-state index contributed by atoms with van der Waals surface area (Å²) >= 11 is 6.20. The van der Waals surface area contributed by atoms with Crippen LogP contribution in [-0.4, -0.2) is 25.1 Å². The summed E-state index contributed by atoms with van der Waals surface area (Å²) in [7, 11) is -4.29. The molecule has 4 aromatic rings. The molecule has 8 nitrogen and oxygen atoms in total. The van der Waals surface area contributed by atoms with Crippen LogP contribution >= 0.6 is 11.6 Å². The van der Waals surface area contributed by atoms with E-state index in [9.17, 15) is 22.4 Å². The molecule has 0 saturated carbocycles. The Kier molecular flexibility index (Phi) is 8.13. The van der Waals surface area contributed by atoms with Crippen molar-refractivity contribution in [1.29, 1.82) is 0 Å². The van der Waals surface area contributed by atoms with Crippen LogP contribution < -0.4 is 9.50 Å². The van der Waals surface area contributed by atoms with Crippen molar-refractivity contribution in [1.82, 2.24) is 4.90 Å². The van der Waals surface area contributed by atoms with Gasteiger partial charge in [-0.25, -0.2) is 4.39 Å². The number of furan rings is 1. The number of carbonyl (C=O) groups is 2. The number of hydrogen-bond acceptors (Lipinski definition) is 6. The lowest BCUT2D eigenvalue weighted by molar-refractivity contribution is -0.114. The van der Waals surface area contributed by atoms with Crippen LogP contribution in [0.25, 0.3) is 0 Å². The topological polar surface area (TPSA) is 106 Å². The van der Waals surface area contributed by atoms with Gasteiger partial charge >= 0.3 is 10.1 Å². The molecular formula is C27H22ClFN2O6S. The SMILES string of the molecule is CC(=O)Nc1ccc(S(=O)(=O)Oc2ccc(Cl)cc2CN(Cc2ccco2)C(=O)c2cccc(F)c2)cc1. The molecule has 0 aliphatic carbocycles. The lowest BCUT2D eigenvalue weighted by atomic mass is 10.1. The predicted octanol–water partition coefficient (Wildman–Crippen LogP) is 5.64. The Hall–Kier alpha value is -4.15. The molecular weight excluding hydrogens is 535 g/mol. The van der Waals surface area contributed by atoms with Crippen LogP contribution in [-0.2, 0) is 28.0 Å². The van der Waals surface area contributed by atoms with Crippen LogP contribution in [0.1, 0.15) is 28.6 Å². The molecule has 11 heteroatoms. The Morgan fingerprint density at radius 3 is 2.42 bits per heavy atom. The van der Waals surface area contributed by atoms with Gasteiger partial charge in [0, 0.05) is 28.8 Å². The fraction of sp³-hybridized carbons (Fsp3) is 0.111. The largest absolute Gasteiger partial charge is 0.467 e. The van der Waals surface area contributed by atoms with Gasteiger partial charge in [-0.1, -0.05) is 17.7 Å². The van der Waals surface area contributed by atoms with E-state index in [2.05, 4.69) is 5.32 Å². The maximum atomic E-state index is 13.8. The molecule has 1 N–H and O–H groups in total. The molecule has 0 atom stereocenters. The number of nitrogens with zero attached hydrogens (tertiary/aromatic N) is 1. The summed E-state index contributed by atoms with van der Waals surface area (Å²) in [5, 5.41) is 2.85. The van der Waals surface area contributed by atoms with Crippen molar-refractivity contribution in [2.24, 2.45) is 0 Å². The van der Waals surface area contributed by atoms with Crippen LogP contribution in [0.3, 0.4) is 0 Å². The Morgan fingerprint density at radius 2 is 1.76 bits per heavy atom. The van der Waals surface area contributed by atoms with E-state index < -0.39 is 21.8 Å². The van der Waals surface area contributed by atoms with E-state index in [4.69, 9.17) is 20.2 Å². The van der Waals surface area contributed by atoms with Gasteiger partial charge in [-0.15, -0.1) is 0 Å². The van der Waals surface area contributed by atoms with Gasteiger partial charge in [-0.05, 0) is 72.8 Å². The molecule has 38 heavy (non-hydrogen) atoms. The Labute approximate surface area is 223 Å². The lowest BCUT2D eigenvalue weighted by Crippen LogP contribution is -2.30. The predicted molar refractivity (Wildman–Crippen MR) is 139 cm³/mol. The number of anilines is 1. The first kappa shape index (κ1) is 26.9. The van der Waals surface area contributed by atoms with Gasteiger partial charge in [0.2, 0.25) is 5.91 Å². The number of carbonyl (C=O) groups excluding carboxylic acids is 2. The zero-order chi connectivity index (χ0) is 27.3. The minimum absolute atomic E-state index is 0.0195. The van der Waals surface area contributed by atoms with Gasteiger partial charge in [0.05, 0.1) is 19.4 Å². The molecule has 0 bridgehead atoms. The molecule has 0 spiro atoms. The highest BCUT2D eigenvalue weighted by atomic mass is 35.5. The average Bonchev–Trinajstić information content (AvgIpc) is 3.38. The van der Waals surface area contributed by atoms with Crippen molar-refractivity contribution in [3.05, 3.63) is 113 Å². The van der Waals surface area contributed by atoms with Crippen molar-refractivity contribution < 1.29 is 31.0 Å². The first-order valence-corrected chi connectivity index (χ1v) is 13.1. The maximum Gasteiger partial charge on any atom is 0.339 e. The first-order chi connectivity index (χ1) is 18.1. The third-order valence-corrected chi connectivity index (χ3v) is 6.82. The second-order valence-corrected chi connectivity index (χ2v) is 10.2. The van der Waals surface area contributed by atoms with E-state index in [-0.39, 0.29) is 35.2 Å². The average molecular weight is 557 g/mol. The highest BCUT2D eigenvalue weighted by Gasteiger charge is 2.23. The molecule has 0 saturated heterocycles. The Balaban J connectivity index is 1.64. The second kappa shape index (κ2) is 11.5. The minimum Gasteiger partial charge on any atom is -0.467 e. The van der Waals surface area contributed by atoms with Crippen molar-refractivity contribution in [3.63, 3.8) is 0 Å². The Morgan fingerprint density at radius 1 is 1.00 bits per heavy atom. The van der Waals surface area contributed by atoms with Gasteiger partial charge in [0.15, 0.2) is 0 Å². The number of rotatable bonds is 9. The lowest BCUT2D eigenvalue weighted by Gasteiger charge is -2.23. The molecule has 1 aromatic heterocycles. The quantitative estimate of drug-likeness (QED) is 0.267. The molecule has 196 valence electrons. The number of halogens is 2. The van der Waals surface area contributed by atoms with E-state index in [0.29, 0.717) is 22.0 Å². The molecule has 2 amide bonds. The molecule has 1 heterocycles. The summed E-state index contributed by atoms with van der Waals surface area (Å²) in [5.74, 6) is -0.961. The van der Waals surface area contributed by atoms with E-state index in [1.165, 1.54) is 78.8 Å². The summed E-state index contributed by atoms with van der Waals surface area (Å²) in [4.78, 5) is 25.8. The highest BCUT2D eigenvalue weighted by molar-refractivity contribution is 7.87. The number of amides is 2. The molecule has 0 aliphatic heterocycles. The van der Waals surface area contributed by atoms with Crippen LogP contribution in [0.5, 0.6) is 5.75 Å². The second-order valence-electron chi connectivity index (χ2n) is 8.25. The van der Waals surface area contributed by atoms with Crippen molar-refractivity contribution in [2.75, 3.05) is 5.32 Å². The molecule has 0 radical (unpaired) electrons. The minimum atomic E-state index is -4.29.